The average Bonchev–Trinajstić information content (AvgIpc) is 3.03. The van der Waals surface area contributed by atoms with E-state index in [0.717, 1.165) is 0 Å². The Kier molecular flexibility index (Phi) is 5.25. The van der Waals surface area contributed by atoms with E-state index in [-0.39, 0.29) is 23.5 Å². The molecule has 0 radical (unpaired) electrons. The molecule has 2 aromatic carbocycles. The zero-order chi connectivity index (χ0) is 20.3. The molecule has 3 rings (SSSR count). The van der Waals surface area contributed by atoms with Crippen LogP contribution in [0, 0.1) is 17.0 Å². The smallest absolute Gasteiger partial charge is 0.310 e. The number of nitro benzene ring substituents is 1. The average molecular weight is 384 g/mol. The maximum Gasteiger partial charge on any atom is 0.310 e. The van der Waals surface area contributed by atoms with Crippen molar-refractivity contribution in [2.24, 2.45) is 0 Å². The number of benzene rings is 2. The number of hydrogen-bond acceptors (Lipinski definition) is 7. The minimum absolute atomic E-state index is 0.0398. The summed E-state index contributed by atoms with van der Waals surface area (Å²) in [6.45, 7) is 1.04. The zero-order valence-corrected chi connectivity index (χ0v) is 14.8. The van der Waals surface area contributed by atoms with E-state index in [9.17, 15) is 24.8 Å². The fraction of sp³-hybridized carbons (Fsp3) is 0.158. The summed E-state index contributed by atoms with van der Waals surface area (Å²) in [5.41, 5.74) is 1.31. The van der Waals surface area contributed by atoms with Crippen molar-refractivity contribution in [2.75, 3.05) is 11.9 Å². The second-order valence-corrected chi connectivity index (χ2v) is 6.05. The van der Waals surface area contributed by atoms with Crippen molar-refractivity contribution in [3.05, 3.63) is 63.9 Å². The molecule has 3 aromatic rings. The van der Waals surface area contributed by atoms with Crippen molar-refractivity contribution >= 4 is 34.2 Å². The SMILES string of the molecule is Cc1cccc([N+](=O)[O-])c1NC(=O)COC(=O)Cc1coc2cc(O)ccc12. The maximum atomic E-state index is 12.0. The molecule has 0 saturated carbocycles. The van der Waals surface area contributed by atoms with Crippen molar-refractivity contribution in [3.63, 3.8) is 0 Å². The van der Waals surface area contributed by atoms with Crippen LogP contribution in [0.25, 0.3) is 11.0 Å². The molecule has 2 N–H and O–H groups in total. The third-order valence-electron chi connectivity index (χ3n) is 4.05. The standard InChI is InChI=1S/C19H16N2O7/c1-11-3-2-4-15(21(25)26)19(11)20-17(23)10-28-18(24)7-12-9-27-16-8-13(22)5-6-14(12)16/h2-6,8-9,22H,7,10H2,1H3,(H,20,23). The molecular formula is C19H16N2O7. The van der Waals surface area contributed by atoms with E-state index in [0.29, 0.717) is 22.1 Å². The Bertz CT molecular complexity index is 1070. The van der Waals surface area contributed by atoms with Crippen LogP contribution < -0.4 is 5.32 Å². The summed E-state index contributed by atoms with van der Waals surface area (Å²) >= 11 is 0. The summed E-state index contributed by atoms with van der Waals surface area (Å²) in [5, 5.41) is 23.5. The summed E-state index contributed by atoms with van der Waals surface area (Å²) in [6.07, 6.45) is 1.25. The van der Waals surface area contributed by atoms with Crippen LogP contribution in [0.1, 0.15) is 11.1 Å². The highest BCUT2D eigenvalue weighted by Crippen LogP contribution is 2.28. The predicted molar refractivity (Wildman–Crippen MR) is 99.0 cm³/mol. The molecule has 0 saturated heterocycles. The van der Waals surface area contributed by atoms with Crippen LogP contribution in [0.2, 0.25) is 0 Å². The van der Waals surface area contributed by atoms with Crippen LogP contribution in [0.3, 0.4) is 0 Å². The maximum absolute atomic E-state index is 12.0. The van der Waals surface area contributed by atoms with Gasteiger partial charge in [0, 0.05) is 23.1 Å². The van der Waals surface area contributed by atoms with Crippen molar-refractivity contribution in [1.29, 1.82) is 0 Å². The van der Waals surface area contributed by atoms with Gasteiger partial charge in [-0.05, 0) is 24.6 Å². The topological polar surface area (TPSA) is 132 Å². The van der Waals surface area contributed by atoms with Crippen LogP contribution in [0.4, 0.5) is 11.4 Å². The zero-order valence-electron chi connectivity index (χ0n) is 14.8. The Labute approximate surface area is 158 Å². The number of nitrogens with one attached hydrogen (secondary N) is 1. The highest BCUT2D eigenvalue weighted by atomic mass is 16.6. The molecule has 0 atom stereocenters. The molecule has 0 aliphatic rings. The van der Waals surface area contributed by atoms with E-state index >= 15 is 0 Å². The fourth-order valence-electron chi connectivity index (χ4n) is 2.70. The molecule has 1 amide bonds. The molecule has 0 bridgehead atoms. The molecule has 1 heterocycles. The van der Waals surface area contributed by atoms with Gasteiger partial charge in [0.05, 0.1) is 17.6 Å². The number of aromatic hydroxyl groups is 1. The third kappa shape index (κ3) is 4.09. The number of phenols is 1. The first-order valence-corrected chi connectivity index (χ1v) is 8.23. The number of nitrogens with zero attached hydrogens (tertiary/aromatic N) is 1. The minimum Gasteiger partial charge on any atom is -0.508 e. The van der Waals surface area contributed by atoms with Gasteiger partial charge in [0.15, 0.2) is 6.61 Å². The van der Waals surface area contributed by atoms with Gasteiger partial charge >= 0.3 is 5.97 Å². The number of nitro groups is 1. The fourth-order valence-corrected chi connectivity index (χ4v) is 2.70. The number of amides is 1. The number of aryl methyl sites for hydroxylation is 1. The van der Waals surface area contributed by atoms with Gasteiger partial charge in [0.25, 0.3) is 11.6 Å². The molecule has 0 aliphatic carbocycles. The largest absolute Gasteiger partial charge is 0.508 e. The summed E-state index contributed by atoms with van der Waals surface area (Å²) in [6, 6.07) is 8.91. The Balaban J connectivity index is 1.60. The van der Waals surface area contributed by atoms with E-state index in [2.05, 4.69) is 5.32 Å². The Hall–Kier alpha value is -3.88. The monoisotopic (exact) mass is 384 g/mol. The first kappa shape index (κ1) is 18.9. The lowest BCUT2D eigenvalue weighted by molar-refractivity contribution is -0.384. The molecule has 0 unspecified atom stereocenters. The van der Waals surface area contributed by atoms with Gasteiger partial charge in [-0.2, -0.15) is 0 Å². The van der Waals surface area contributed by atoms with Gasteiger partial charge in [-0.25, -0.2) is 0 Å². The van der Waals surface area contributed by atoms with Gasteiger partial charge in [-0.1, -0.05) is 12.1 Å². The molecule has 0 fully saturated rings. The first-order valence-electron chi connectivity index (χ1n) is 8.23. The molecule has 0 spiro atoms. The molecular weight excluding hydrogens is 368 g/mol. The summed E-state index contributed by atoms with van der Waals surface area (Å²) < 4.78 is 10.2. The molecule has 9 nitrogen and oxygen atoms in total. The van der Waals surface area contributed by atoms with Crippen LogP contribution in [0.5, 0.6) is 5.75 Å². The molecule has 28 heavy (non-hydrogen) atoms. The van der Waals surface area contributed by atoms with Gasteiger partial charge in [0.1, 0.15) is 17.0 Å². The lowest BCUT2D eigenvalue weighted by Gasteiger charge is -2.09. The second kappa shape index (κ2) is 7.78. The van der Waals surface area contributed by atoms with E-state index in [1.807, 2.05) is 0 Å². The Morgan fingerprint density at radius 3 is 2.82 bits per heavy atom. The lowest BCUT2D eigenvalue weighted by Crippen LogP contribution is -2.22. The highest BCUT2D eigenvalue weighted by Gasteiger charge is 2.19. The third-order valence-corrected chi connectivity index (χ3v) is 4.05. The van der Waals surface area contributed by atoms with Gasteiger partial charge in [-0.15, -0.1) is 0 Å². The summed E-state index contributed by atoms with van der Waals surface area (Å²) in [7, 11) is 0. The van der Waals surface area contributed by atoms with Gasteiger partial charge < -0.3 is 19.6 Å². The number of anilines is 1. The van der Waals surface area contributed by atoms with Crippen molar-refractivity contribution in [1.82, 2.24) is 0 Å². The van der Waals surface area contributed by atoms with E-state index < -0.39 is 23.4 Å². The Morgan fingerprint density at radius 1 is 1.29 bits per heavy atom. The first-order chi connectivity index (χ1) is 13.3. The van der Waals surface area contributed by atoms with E-state index in [1.54, 1.807) is 19.1 Å². The summed E-state index contributed by atoms with van der Waals surface area (Å²) in [4.78, 5) is 34.5. The molecule has 0 aliphatic heterocycles. The van der Waals surface area contributed by atoms with Gasteiger partial charge in [-0.3, -0.25) is 19.7 Å². The van der Waals surface area contributed by atoms with Crippen LogP contribution in [-0.4, -0.2) is 28.5 Å². The molecule has 1 aromatic heterocycles. The van der Waals surface area contributed by atoms with Crippen LogP contribution in [-0.2, 0) is 20.7 Å². The van der Waals surface area contributed by atoms with Crippen LogP contribution in [0.15, 0.2) is 47.1 Å². The van der Waals surface area contributed by atoms with Gasteiger partial charge in [0.2, 0.25) is 0 Å². The van der Waals surface area contributed by atoms with Crippen molar-refractivity contribution in [3.8, 4) is 5.75 Å². The number of carbonyl (C=O) groups is 2. The highest BCUT2D eigenvalue weighted by molar-refractivity contribution is 5.96. The van der Waals surface area contributed by atoms with E-state index in [1.165, 1.54) is 30.5 Å². The number of carbonyl (C=O) groups excluding carboxylic acids is 2. The number of furan rings is 1. The number of para-hydroxylation sites is 1. The summed E-state index contributed by atoms with van der Waals surface area (Å²) in [5.74, 6) is -1.31. The number of esters is 1. The number of phenolic OH excluding ortho intramolecular Hbond substituents is 1. The number of fused-ring (bicyclic) bond motifs is 1. The quantitative estimate of drug-likeness (QED) is 0.379. The second-order valence-electron chi connectivity index (χ2n) is 6.05. The number of rotatable bonds is 6. The van der Waals surface area contributed by atoms with E-state index in [4.69, 9.17) is 9.15 Å². The van der Waals surface area contributed by atoms with Crippen LogP contribution >= 0.6 is 0 Å². The predicted octanol–water partition coefficient (Wildman–Crippen LogP) is 3.08. The van der Waals surface area contributed by atoms with Crippen molar-refractivity contribution in [2.45, 2.75) is 13.3 Å². The normalized spacial score (nSPS) is 10.6. The van der Waals surface area contributed by atoms with Crippen molar-refractivity contribution < 1.29 is 28.8 Å². The molecule has 144 valence electrons. The number of hydrogen-bond donors (Lipinski definition) is 2. The Morgan fingerprint density at radius 2 is 2.07 bits per heavy atom. The lowest BCUT2D eigenvalue weighted by atomic mass is 10.1. The number of ether oxygens (including phenoxy) is 1. The molecule has 9 heteroatoms. The minimum atomic E-state index is -0.687.